The molecule has 2 heterocycles. The number of thioether (sulfide) groups is 1. The van der Waals surface area contributed by atoms with E-state index in [1.165, 1.54) is 23.9 Å². The molecule has 25 heavy (non-hydrogen) atoms. The summed E-state index contributed by atoms with van der Waals surface area (Å²) in [5.74, 6) is 0.449. The normalized spacial score (nSPS) is 14.4. The van der Waals surface area contributed by atoms with Crippen molar-refractivity contribution >= 4 is 27.7 Å². The number of nitrogens with zero attached hydrogens (tertiary/aromatic N) is 3. The minimum Gasteiger partial charge on any atom is -0.339 e. The van der Waals surface area contributed by atoms with Gasteiger partial charge in [0, 0.05) is 50.4 Å². The molecule has 0 atom stereocenters. The van der Waals surface area contributed by atoms with Crippen LogP contribution in [0, 0.1) is 0 Å². The molecule has 9 heteroatoms. The molecule has 1 aliphatic rings. The molecule has 3 rings (SSSR count). The summed E-state index contributed by atoms with van der Waals surface area (Å²) in [5.41, 5.74) is 0.407. The van der Waals surface area contributed by atoms with E-state index in [9.17, 15) is 13.2 Å². The SMILES string of the molecule is Cn1ccnc1SCCNS(=O)(=O)c1cccc(C(=O)N2CCC2)c1. The van der Waals surface area contributed by atoms with Crippen LogP contribution in [0.5, 0.6) is 0 Å². The Morgan fingerprint density at radius 2 is 2.16 bits per heavy atom. The first-order valence-corrected chi connectivity index (χ1v) is 10.4. The molecule has 1 N–H and O–H groups in total. The number of imidazole rings is 1. The van der Waals surface area contributed by atoms with Gasteiger partial charge in [-0.3, -0.25) is 4.79 Å². The molecule has 1 aliphatic heterocycles. The van der Waals surface area contributed by atoms with Crippen LogP contribution in [0.15, 0.2) is 46.7 Å². The van der Waals surface area contributed by atoms with Gasteiger partial charge in [0.25, 0.3) is 5.91 Å². The van der Waals surface area contributed by atoms with Crippen LogP contribution in [-0.2, 0) is 17.1 Å². The second-order valence-corrected chi connectivity index (χ2v) is 8.57. The van der Waals surface area contributed by atoms with Crippen molar-refractivity contribution in [2.75, 3.05) is 25.4 Å². The lowest BCUT2D eigenvalue weighted by Crippen LogP contribution is -2.42. The zero-order valence-electron chi connectivity index (χ0n) is 13.9. The summed E-state index contributed by atoms with van der Waals surface area (Å²) in [6.45, 7) is 1.75. The number of carbonyl (C=O) groups excluding carboxylic acids is 1. The molecule has 1 fully saturated rings. The number of aryl methyl sites for hydroxylation is 1. The van der Waals surface area contributed by atoms with Gasteiger partial charge < -0.3 is 9.47 Å². The molecule has 1 aromatic heterocycles. The zero-order chi connectivity index (χ0) is 17.9. The number of sulfonamides is 1. The highest BCUT2D eigenvalue weighted by molar-refractivity contribution is 7.99. The van der Waals surface area contributed by atoms with Crippen LogP contribution in [-0.4, -0.2) is 54.2 Å². The zero-order valence-corrected chi connectivity index (χ0v) is 15.5. The van der Waals surface area contributed by atoms with Gasteiger partial charge in [-0.2, -0.15) is 0 Å². The van der Waals surface area contributed by atoms with Crippen LogP contribution in [0.1, 0.15) is 16.8 Å². The third-order valence-electron chi connectivity index (χ3n) is 3.94. The Bertz CT molecular complexity index is 860. The highest BCUT2D eigenvalue weighted by Crippen LogP contribution is 2.17. The maximum Gasteiger partial charge on any atom is 0.253 e. The molecular weight excluding hydrogens is 360 g/mol. The summed E-state index contributed by atoms with van der Waals surface area (Å²) in [6, 6.07) is 6.19. The fourth-order valence-corrected chi connectivity index (χ4v) is 4.38. The van der Waals surface area contributed by atoms with E-state index in [1.54, 1.807) is 23.2 Å². The topological polar surface area (TPSA) is 84.3 Å². The van der Waals surface area contributed by atoms with Gasteiger partial charge in [0.15, 0.2) is 5.16 Å². The van der Waals surface area contributed by atoms with Crippen molar-refractivity contribution in [3.05, 3.63) is 42.2 Å². The number of rotatable bonds is 7. The average Bonchev–Trinajstić information content (AvgIpc) is 2.95. The Morgan fingerprint density at radius 1 is 1.36 bits per heavy atom. The Balaban J connectivity index is 1.59. The van der Waals surface area contributed by atoms with E-state index in [4.69, 9.17) is 0 Å². The van der Waals surface area contributed by atoms with E-state index in [2.05, 4.69) is 9.71 Å². The lowest BCUT2D eigenvalue weighted by atomic mass is 10.1. The molecule has 0 spiro atoms. The summed E-state index contributed by atoms with van der Waals surface area (Å²) >= 11 is 1.48. The molecule has 1 aromatic carbocycles. The van der Waals surface area contributed by atoms with Gasteiger partial charge in [-0.05, 0) is 24.6 Å². The minimum absolute atomic E-state index is 0.112. The molecule has 7 nitrogen and oxygen atoms in total. The number of nitrogens with one attached hydrogen (secondary N) is 1. The first kappa shape index (κ1) is 18.0. The monoisotopic (exact) mass is 380 g/mol. The van der Waals surface area contributed by atoms with E-state index >= 15 is 0 Å². The Labute approximate surface area is 151 Å². The highest BCUT2D eigenvalue weighted by atomic mass is 32.2. The lowest BCUT2D eigenvalue weighted by Gasteiger charge is -2.31. The minimum atomic E-state index is -3.64. The van der Waals surface area contributed by atoms with Crippen molar-refractivity contribution in [1.29, 1.82) is 0 Å². The summed E-state index contributed by atoms with van der Waals surface area (Å²) in [5, 5.41) is 0.835. The Hall–Kier alpha value is -1.84. The summed E-state index contributed by atoms with van der Waals surface area (Å²) in [6.07, 6.45) is 4.54. The van der Waals surface area contributed by atoms with Gasteiger partial charge in [-0.1, -0.05) is 17.8 Å². The number of benzene rings is 1. The van der Waals surface area contributed by atoms with Crippen LogP contribution in [0.2, 0.25) is 0 Å². The maximum atomic E-state index is 12.4. The van der Waals surface area contributed by atoms with Crippen molar-refractivity contribution in [2.24, 2.45) is 7.05 Å². The molecule has 0 aliphatic carbocycles. The predicted octanol–water partition coefficient (Wildman–Crippen LogP) is 1.34. The van der Waals surface area contributed by atoms with Crippen LogP contribution >= 0.6 is 11.8 Å². The molecule has 1 saturated heterocycles. The standard InChI is InChI=1S/C16H20N4O3S2/c1-19-10-6-17-16(19)24-11-7-18-25(22,23)14-5-2-4-13(12-14)15(21)20-8-3-9-20/h2,4-6,10,12,18H,3,7-9,11H2,1H3. The first-order valence-electron chi connectivity index (χ1n) is 7.96. The Kier molecular flexibility index (Phi) is 5.45. The average molecular weight is 380 g/mol. The van der Waals surface area contributed by atoms with Crippen molar-refractivity contribution < 1.29 is 13.2 Å². The van der Waals surface area contributed by atoms with Crippen molar-refractivity contribution in [3.63, 3.8) is 0 Å². The lowest BCUT2D eigenvalue weighted by molar-refractivity contribution is 0.0651. The number of likely N-dealkylation sites (tertiary alicyclic amines) is 1. The largest absolute Gasteiger partial charge is 0.339 e. The van der Waals surface area contributed by atoms with Crippen molar-refractivity contribution in [2.45, 2.75) is 16.5 Å². The number of aromatic nitrogens is 2. The van der Waals surface area contributed by atoms with Gasteiger partial charge in [-0.25, -0.2) is 18.1 Å². The molecule has 0 unspecified atom stereocenters. The van der Waals surface area contributed by atoms with Crippen molar-refractivity contribution in [3.8, 4) is 0 Å². The van der Waals surface area contributed by atoms with E-state index in [1.807, 2.05) is 17.8 Å². The number of hydrogen-bond acceptors (Lipinski definition) is 5. The summed E-state index contributed by atoms with van der Waals surface area (Å²) in [4.78, 5) is 18.2. The number of carbonyl (C=O) groups is 1. The van der Waals surface area contributed by atoms with Gasteiger partial charge in [-0.15, -0.1) is 0 Å². The van der Waals surface area contributed by atoms with Gasteiger partial charge in [0.05, 0.1) is 4.90 Å². The molecule has 1 amide bonds. The van der Waals surface area contributed by atoms with Gasteiger partial charge in [0.2, 0.25) is 10.0 Å². The highest BCUT2D eigenvalue weighted by Gasteiger charge is 2.23. The third kappa shape index (κ3) is 4.23. The van der Waals surface area contributed by atoms with Crippen LogP contribution in [0.25, 0.3) is 0 Å². The number of amides is 1. The van der Waals surface area contributed by atoms with Gasteiger partial charge >= 0.3 is 0 Å². The molecular formula is C16H20N4O3S2. The predicted molar refractivity (Wildman–Crippen MR) is 96.1 cm³/mol. The van der Waals surface area contributed by atoms with E-state index in [0.29, 0.717) is 11.3 Å². The first-order chi connectivity index (χ1) is 12.0. The van der Waals surface area contributed by atoms with Crippen molar-refractivity contribution in [1.82, 2.24) is 19.2 Å². The molecule has 0 bridgehead atoms. The maximum absolute atomic E-state index is 12.4. The quantitative estimate of drug-likeness (QED) is 0.579. The molecule has 0 radical (unpaired) electrons. The molecule has 2 aromatic rings. The van der Waals surface area contributed by atoms with E-state index in [-0.39, 0.29) is 17.3 Å². The fourth-order valence-electron chi connectivity index (χ4n) is 2.39. The second kappa shape index (κ2) is 7.59. The number of hydrogen-bond donors (Lipinski definition) is 1. The van der Waals surface area contributed by atoms with Crippen LogP contribution in [0.4, 0.5) is 0 Å². The van der Waals surface area contributed by atoms with E-state index < -0.39 is 10.0 Å². The third-order valence-corrected chi connectivity index (χ3v) is 6.46. The van der Waals surface area contributed by atoms with Crippen LogP contribution in [0.3, 0.4) is 0 Å². The van der Waals surface area contributed by atoms with Crippen LogP contribution < -0.4 is 4.72 Å². The molecule has 0 saturated carbocycles. The van der Waals surface area contributed by atoms with Gasteiger partial charge in [0.1, 0.15) is 0 Å². The smallest absolute Gasteiger partial charge is 0.253 e. The second-order valence-electron chi connectivity index (χ2n) is 5.74. The fraction of sp³-hybridized carbons (Fsp3) is 0.375. The molecule has 134 valence electrons. The summed E-state index contributed by atoms with van der Waals surface area (Å²) in [7, 11) is -1.75. The summed E-state index contributed by atoms with van der Waals surface area (Å²) < 4.78 is 29.3. The van der Waals surface area contributed by atoms with E-state index in [0.717, 1.165) is 24.7 Å². The Morgan fingerprint density at radius 3 is 2.80 bits per heavy atom.